The standard InChI is InChI=1S/C10H7Cl2N3O2/c11-7-2-1-3-8(12)6(7)4-13-15-5-9(16)14-10(15)17/h1-4H,5H2,(H,14,16,17). The van der Waals surface area contributed by atoms with E-state index >= 15 is 0 Å². The lowest BCUT2D eigenvalue weighted by molar-refractivity contribution is -0.118. The molecule has 5 nitrogen and oxygen atoms in total. The molecule has 3 amide bonds. The van der Waals surface area contributed by atoms with Gasteiger partial charge in [0.05, 0.1) is 16.3 Å². The van der Waals surface area contributed by atoms with Gasteiger partial charge in [-0.15, -0.1) is 0 Å². The van der Waals surface area contributed by atoms with Crippen LogP contribution in [-0.4, -0.2) is 29.7 Å². The van der Waals surface area contributed by atoms with Crippen molar-refractivity contribution in [2.24, 2.45) is 5.10 Å². The summed E-state index contributed by atoms with van der Waals surface area (Å²) in [4.78, 5) is 22.1. The van der Waals surface area contributed by atoms with Gasteiger partial charge in [0.15, 0.2) is 0 Å². The Labute approximate surface area is 107 Å². The van der Waals surface area contributed by atoms with Crippen LogP contribution in [0.15, 0.2) is 23.3 Å². The molecule has 1 fully saturated rings. The Morgan fingerprint density at radius 3 is 2.47 bits per heavy atom. The number of hydrogen-bond acceptors (Lipinski definition) is 3. The molecular weight excluding hydrogens is 265 g/mol. The minimum absolute atomic E-state index is 0.0998. The summed E-state index contributed by atoms with van der Waals surface area (Å²) >= 11 is 11.8. The van der Waals surface area contributed by atoms with Gasteiger partial charge < -0.3 is 0 Å². The maximum absolute atomic E-state index is 11.2. The van der Waals surface area contributed by atoms with Gasteiger partial charge in [0.2, 0.25) is 5.91 Å². The lowest BCUT2D eigenvalue weighted by Gasteiger charge is -2.05. The smallest absolute Gasteiger partial charge is 0.275 e. The molecule has 7 heteroatoms. The normalized spacial score (nSPS) is 15.8. The number of imide groups is 1. The zero-order valence-electron chi connectivity index (χ0n) is 8.48. The van der Waals surface area contributed by atoms with Crippen molar-refractivity contribution in [2.45, 2.75) is 0 Å². The van der Waals surface area contributed by atoms with Crippen LogP contribution in [0.2, 0.25) is 10.0 Å². The van der Waals surface area contributed by atoms with Crippen LogP contribution in [-0.2, 0) is 4.79 Å². The number of carbonyl (C=O) groups excluding carboxylic acids is 2. The molecule has 0 atom stereocenters. The van der Waals surface area contributed by atoms with E-state index in [1.165, 1.54) is 6.21 Å². The average molecular weight is 272 g/mol. The number of urea groups is 1. The van der Waals surface area contributed by atoms with Crippen molar-refractivity contribution in [3.8, 4) is 0 Å². The van der Waals surface area contributed by atoms with Crippen LogP contribution < -0.4 is 5.32 Å². The highest BCUT2D eigenvalue weighted by Gasteiger charge is 2.26. The summed E-state index contributed by atoms with van der Waals surface area (Å²) in [5.74, 6) is -0.391. The molecule has 0 radical (unpaired) electrons. The molecule has 0 bridgehead atoms. The van der Waals surface area contributed by atoms with Gasteiger partial charge in [-0.2, -0.15) is 5.10 Å². The Morgan fingerprint density at radius 2 is 1.94 bits per heavy atom. The summed E-state index contributed by atoms with van der Waals surface area (Å²) in [5.41, 5.74) is 0.503. The van der Waals surface area contributed by atoms with E-state index in [0.717, 1.165) is 5.01 Å². The number of rotatable bonds is 2. The second-order valence-corrected chi connectivity index (χ2v) is 4.11. The van der Waals surface area contributed by atoms with Gasteiger partial charge in [-0.05, 0) is 12.1 Å². The van der Waals surface area contributed by atoms with Crippen LogP contribution in [0, 0.1) is 0 Å². The summed E-state index contributed by atoms with van der Waals surface area (Å²) < 4.78 is 0. The molecule has 0 aliphatic carbocycles. The highest BCUT2D eigenvalue weighted by atomic mass is 35.5. The van der Waals surface area contributed by atoms with Crippen LogP contribution in [0.4, 0.5) is 4.79 Å². The third kappa shape index (κ3) is 2.57. The molecule has 17 heavy (non-hydrogen) atoms. The summed E-state index contributed by atoms with van der Waals surface area (Å²) in [7, 11) is 0. The number of amides is 3. The van der Waals surface area contributed by atoms with Crippen molar-refractivity contribution in [3.05, 3.63) is 33.8 Å². The van der Waals surface area contributed by atoms with Gasteiger partial charge in [0, 0.05) is 5.56 Å². The second-order valence-electron chi connectivity index (χ2n) is 3.29. The fraction of sp³-hybridized carbons (Fsp3) is 0.100. The lowest BCUT2D eigenvalue weighted by atomic mass is 10.2. The molecule has 0 saturated carbocycles. The predicted octanol–water partition coefficient (Wildman–Crippen LogP) is 1.88. The highest BCUT2D eigenvalue weighted by Crippen LogP contribution is 2.22. The van der Waals surface area contributed by atoms with Crippen molar-refractivity contribution >= 4 is 41.4 Å². The lowest BCUT2D eigenvalue weighted by Crippen LogP contribution is -2.24. The van der Waals surface area contributed by atoms with Crippen molar-refractivity contribution < 1.29 is 9.59 Å². The summed E-state index contributed by atoms with van der Waals surface area (Å²) in [5, 5.41) is 7.80. The topological polar surface area (TPSA) is 61.8 Å². The van der Waals surface area contributed by atoms with Crippen LogP contribution in [0.1, 0.15) is 5.56 Å². The van der Waals surface area contributed by atoms with Gasteiger partial charge >= 0.3 is 6.03 Å². The minimum Gasteiger partial charge on any atom is -0.275 e. The number of benzene rings is 1. The molecule has 88 valence electrons. The fourth-order valence-electron chi connectivity index (χ4n) is 1.29. The van der Waals surface area contributed by atoms with Crippen molar-refractivity contribution in [3.63, 3.8) is 0 Å². The average Bonchev–Trinajstić information content (AvgIpc) is 2.57. The Hall–Kier alpha value is -1.59. The largest absolute Gasteiger partial charge is 0.344 e. The van der Waals surface area contributed by atoms with Crippen LogP contribution in [0.3, 0.4) is 0 Å². The molecule has 1 aromatic rings. The zero-order valence-corrected chi connectivity index (χ0v) is 10.00. The predicted molar refractivity (Wildman–Crippen MR) is 64.3 cm³/mol. The number of nitrogens with zero attached hydrogens (tertiary/aromatic N) is 2. The van der Waals surface area contributed by atoms with Gasteiger partial charge in [-0.3, -0.25) is 10.1 Å². The van der Waals surface area contributed by atoms with E-state index in [1.807, 2.05) is 0 Å². The molecule has 0 aromatic heterocycles. The van der Waals surface area contributed by atoms with E-state index < -0.39 is 11.9 Å². The Morgan fingerprint density at radius 1 is 1.29 bits per heavy atom. The highest BCUT2D eigenvalue weighted by molar-refractivity contribution is 6.38. The Bertz CT molecular complexity index is 496. The monoisotopic (exact) mass is 271 g/mol. The number of carbonyl (C=O) groups is 2. The molecule has 0 spiro atoms. The minimum atomic E-state index is -0.561. The molecule has 1 aliphatic rings. The van der Waals surface area contributed by atoms with Gasteiger partial charge in [-0.1, -0.05) is 29.3 Å². The van der Waals surface area contributed by atoms with Crippen molar-refractivity contribution in [1.29, 1.82) is 0 Å². The second kappa shape index (κ2) is 4.73. The zero-order chi connectivity index (χ0) is 12.4. The molecule has 1 aliphatic heterocycles. The number of halogens is 2. The molecule has 1 aromatic carbocycles. The van der Waals surface area contributed by atoms with Gasteiger partial charge in [0.1, 0.15) is 6.54 Å². The first-order valence-electron chi connectivity index (χ1n) is 4.67. The Kier molecular flexibility index (Phi) is 3.31. The molecule has 1 saturated heterocycles. The van der Waals surface area contributed by atoms with Crippen LogP contribution >= 0.6 is 23.2 Å². The van der Waals surface area contributed by atoms with E-state index in [-0.39, 0.29) is 6.54 Å². The third-order valence-corrected chi connectivity index (χ3v) is 2.76. The van der Waals surface area contributed by atoms with E-state index in [0.29, 0.717) is 15.6 Å². The third-order valence-electron chi connectivity index (χ3n) is 2.10. The Balaban J connectivity index is 2.21. The number of nitrogens with one attached hydrogen (secondary N) is 1. The molecular formula is C10H7Cl2N3O2. The number of hydrogen-bond donors (Lipinski definition) is 1. The number of hydrazone groups is 1. The van der Waals surface area contributed by atoms with Crippen molar-refractivity contribution in [2.75, 3.05) is 6.54 Å². The van der Waals surface area contributed by atoms with E-state index in [1.54, 1.807) is 18.2 Å². The van der Waals surface area contributed by atoms with Gasteiger partial charge in [-0.25, -0.2) is 9.80 Å². The van der Waals surface area contributed by atoms with Gasteiger partial charge in [0.25, 0.3) is 0 Å². The van der Waals surface area contributed by atoms with E-state index in [9.17, 15) is 9.59 Å². The molecule has 0 unspecified atom stereocenters. The summed E-state index contributed by atoms with van der Waals surface area (Å²) in [6, 6.07) is 4.46. The van der Waals surface area contributed by atoms with Crippen molar-refractivity contribution in [1.82, 2.24) is 10.3 Å². The quantitative estimate of drug-likeness (QED) is 0.660. The maximum atomic E-state index is 11.2. The molecule has 1 heterocycles. The molecule has 2 rings (SSSR count). The SMILES string of the molecule is O=C1CN(N=Cc2c(Cl)cccc2Cl)C(=O)N1. The van der Waals surface area contributed by atoms with E-state index in [4.69, 9.17) is 23.2 Å². The molecule has 1 N–H and O–H groups in total. The summed E-state index contributed by atoms with van der Waals surface area (Å²) in [6.45, 7) is -0.0998. The first kappa shape index (κ1) is 11.9. The first-order valence-corrected chi connectivity index (χ1v) is 5.43. The first-order chi connectivity index (χ1) is 8.08. The van der Waals surface area contributed by atoms with E-state index in [2.05, 4.69) is 10.4 Å². The van der Waals surface area contributed by atoms with Crippen LogP contribution in [0.5, 0.6) is 0 Å². The summed E-state index contributed by atoms with van der Waals surface area (Å²) in [6.07, 6.45) is 1.35. The maximum Gasteiger partial charge on any atom is 0.344 e. The van der Waals surface area contributed by atoms with Crippen LogP contribution in [0.25, 0.3) is 0 Å². The fourth-order valence-corrected chi connectivity index (χ4v) is 1.78.